The number of rotatable bonds is 6. The molecule has 0 atom stereocenters. The predicted molar refractivity (Wildman–Crippen MR) is 334 cm³/mol. The molecular weight excluding hydrogens is 942 g/mol. The van der Waals surface area contributed by atoms with Crippen molar-refractivity contribution in [2.75, 3.05) is 4.90 Å². The zero-order valence-corrected chi connectivity index (χ0v) is 45.0. The van der Waals surface area contributed by atoms with E-state index in [1.165, 1.54) is 133 Å². The summed E-state index contributed by atoms with van der Waals surface area (Å²) in [6.45, 7) is 13.8. The Morgan fingerprint density at radius 1 is 0.295 bits per heavy atom. The maximum atomic E-state index is 2.64. The number of anilines is 3. The van der Waals surface area contributed by atoms with Crippen LogP contribution in [0.4, 0.5) is 17.1 Å². The fourth-order valence-corrected chi connectivity index (χ4v) is 13.0. The summed E-state index contributed by atoms with van der Waals surface area (Å²) in [6.07, 6.45) is 0. The Bertz CT molecular complexity index is 4440. The van der Waals surface area contributed by atoms with Gasteiger partial charge in [0.15, 0.2) is 0 Å². The topological polar surface area (TPSA) is 13.1 Å². The van der Waals surface area contributed by atoms with E-state index < -0.39 is 0 Å². The number of aromatic nitrogens is 2. The maximum Gasteiger partial charge on any atom is 0.252 e. The number of fused-ring (bicyclic) bond motifs is 10. The molecule has 0 amide bonds. The number of hydrogen-bond acceptors (Lipinski definition) is 1. The van der Waals surface area contributed by atoms with Crippen LogP contribution in [0.25, 0.3) is 99.5 Å². The van der Waals surface area contributed by atoms with Crippen LogP contribution in [0.2, 0.25) is 0 Å². The zero-order chi connectivity index (χ0) is 52.6. The molecule has 0 saturated carbocycles. The van der Waals surface area contributed by atoms with Gasteiger partial charge in [0.2, 0.25) is 0 Å². The molecule has 0 spiro atoms. The minimum absolute atomic E-state index is 0.00524. The molecule has 0 bridgehead atoms. The maximum absolute atomic E-state index is 2.64. The van der Waals surface area contributed by atoms with Crippen molar-refractivity contribution in [3.05, 3.63) is 254 Å². The van der Waals surface area contributed by atoms with Gasteiger partial charge >= 0.3 is 0 Å². The van der Waals surface area contributed by atoms with Crippen molar-refractivity contribution in [1.29, 1.82) is 0 Å². The highest BCUT2D eigenvalue weighted by Gasteiger charge is 2.43. The van der Waals surface area contributed by atoms with Gasteiger partial charge in [-0.2, -0.15) is 0 Å². The normalized spacial score (nSPS) is 12.9. The Balaban J connectivity index is 1.11. The van der Waals surface area contributed by atoms with Gasteiger partial charge in [-0.05, 0) is 144 Å². The molecule has 15 rings (SSSR count). The average Bonchev–Trinajstić information content (AvgIpc) is 3.58. The largest absolute Gasteiger partial charge is 0.311 e. The quantitative estimate of drug-likeness (QED) is 0.151. The summed E-state index contributed by atoms with van der Waals surface area (Å²) in [4.78, 5) is 2.58. The summed E-state index contributed by atoms with van der Waals surface area (Å²) < 4.78 is 5.21. The van der Waals surface area contributed by atoms with Crippen molar-refractivity contribution < 1.29 is 0 Å². The van der Waals surface area contributed by atoms with Gasteiger partial charge in [0, 0.05) is 49.8 Å². The van der Waals surface area contributed by atoms with E-state index in [1.807, 2.05) is 0 Å². The Kier molecular flexibility index (Phi) is 10.2. The molecule has 2 aromatic heterocycles. The smallest absolute Gasteiger partial charge is 0.252 e. The van der Waals surface area contributed by atoms with Gasteiger partial charge in [-0.15, -0.1) is 0 Å². The third-order valence-electron chi connectivity index (χ3n) is 17.0. The summed E-state index contributed by atoms with van der Waals surface area (Å²) in [7, 11) is 0. The molecule has 11 aromatic carbocycles. The van der Waals surface area contributed by atoms with Crippen molar-refractivity contribution in [1.82, 2.24) is 9.13 Å². The van der Waals surface area contributed by atoms with E-state index in [0.29, 0.717) is 0 Å². The monoisotopic (exact) mass is 999 g/mol. The van der Waals surface area contributed by atoms with Crippen LogP contribution in [0.3, 0.4) is 0 Å². The molecule has 4 heterocycles. The first kappa shape index (κ1) is 46.2. The SMILES string of the molecule is CC(C)(C)c1ccc(N2c3ccc(-c4ccccc4)cc3B3c4c2cc(-n2c5cc(-c6ccccc6)ccc5c5ccc(-c6ccccc6)cc52)cc4-n2c4ccc(C(C)(C)C)cc4c4cc(-c5ccccc5)cc3c42)cc1. The van der Waals surface area contributed by atoms with Crippen LogP contribution in [0.15, 0.2) is 243 Å². The lowest BCUT2D eigenvalue weighted by atomic mass is 9.33. The lowest BCUT2D eigenvalue weighted by Gasteiger charge is -2.41. The Labute approximate surface area is 457 Å². The lowest BCUT2D eigenvalue weighted by Crippen LogP contribution is -2.60. The predicted octanol–water partition coefficient (Wildman–Crippen LogP) is 17.8. The second kappa shape index (κ2) is 17.2. The Morgan fingerprint density at radius 2 is 0.782 bits per heavy atom. The molecule has 0 N–H and O–H groups in total. The van der Waals surface area contributed by atoms with Crippen molar-refractivity contribution in [3.8, 4) is 55.9 Å². The third-order valence-corrected chi connectivity index (χ3v) is 17.0. The molecule has 0 unspecified atom stereocenters. The fourth-order valence-electron chi connectivity index (χ4n) is 13.0. The molecule has 13 aromatic rings. The molecule has 2 aliphatic rings. The van der Waals surface area contributed by atoms with Crippen LogP contribution in [-0.4, -0.2) is 15.8 Å². The van der Waals surface area contributed by atoms with E-state index in [-0.39, 0.29) is 17.5 Å². The van der Waals surface area contributed by atoms with Crippen molar-refractivity contribution in [2.45, 2.75) is 52.4 Å². The van der Waals surface area contributed by atoms with E-state index in [0.717, 1.165) is 11.4 Å². The molecular formula is C74H58BN3. The van der Waals surface area contributed by atoms with E-state index >= 15 is 0 Å². The van der Waals surface area contributed by atoms with E-state index in [1.54, 1.807) is 0 Å². The standard InChI is InChI=1S/C74H58BN3/c1-73(2,3)55-30-33-57(34-31-55)76-66-37-29-51(47-19-11-7-12-20-47)40-63(66)75-64-41-54(50-25-17-10-18-26-50)39-62-61-44-56(74(4,5)6)32-38-65(61)78(72(62)64)70-46-58(45-69(76)71(70)75)77-67-42-52(48-21-13-8-14-22-48)27-35-59(67)60-36-28-53(43-68(60)77)49-23-15-9-16-24-49/h7-46H,1-6H3. The second-order valence-corrected chi connectivity index (χ2v) is 23.8. The minimum atomic E-state index is -0.0922. The molecule has 78 heavy (non-hydrogen) atoms. The molecule has 0 saturated heterocycles. The molecule has 3 nitrogen and oxygen atoms in total. The Morgan fingerprint density at radius 3 is 1.33 bits per heavy atom. The van der Waals surface area contributed by atoms with Crippen LogP contribution in [-0.2, 0) is 10.8 Å². The van der Waals surface area contributed by atoms with Crippen LogP contribution in [0.1, 0.15) is 52.7 Å². The van der Waals surface area contributed by atoms with E-state index in [2.05, 4.69) is 298 Å². The van der Waals surface area contributed by atoms with Crippen LogP contribution in [0, 0.1) is 0 Å². The van der Waals surface area contributed by atoms with Crippen molar-refractivity contribution in [2.24, 2.45) is 0 Å². The zero-order valence-electron chi connectivity index (χ0n) is 45.0. The summed E-state index contributed by atoms with van der Waals surface area (Å²) in [5.41, 5.74) is 26.8. The van der Waals surface area contributed by atoms with Gasteiger partial charge in [0.1, 0.15) is 0 Å². The minimum Gasteiger partial charge on any atom is -0.311 e. The van der Waals surface area contributed by atoms with Gasteiger partial charge in [0.05, 0.1) is 22.2 Å². The van der Waals surface area contributed by atoms with Gasteiger partial charge in [-0.25, -0.2) is 0 Å². The second-order valence-electron chi connectivity index (χ2n) is 23.8. The van der Waals surface area contributed by atoms with Gasteiger partial charge < -0.3 is 14.0 Å². The molecule has 372 valence electrons. The molecule has 4 heteroatoms. The first-order chi connectivity index (χ1) is 37.9. The van der Waals surface area contributed by atoms with Gasteiger partial charge in [-0.3, -0.25) is 0 Å². The van der Waals surface area contributed by atoms with Crippen LogP contribution < -0.4 is 21.3 Å². The molecule has 0 aliphatic carbocycles. The first-order valence-electron chi connectivity index (χ1n) is 27.6. The number of nitrogens with zero attached hydrogens (tertiary/aromatic N) is 3. The van der Waals surface area contributed by atoms with Crippen LogP contribution in [0.5, 0.6) is 0 Å². The highest BCUT2D eigenvalue weighted by Crippen LogP contribution is 2.47. The fraction of sp³-hybridized carbons (Fsp3) is 0.108. The number of benzene rings is 11. The first-order valence-corrected chi connectivity index (χ1v) is 27.6. The molecule has 0 fully saturated rings. The highest BCUT2D eigenvalue weighted by molar-refractivity contribution is 7.00. The summed E-state index contributed by atoms with van der Waals surface area (Å²) >= 11 is 0. The van der Waals surface area contributed by atoms with Gasteiger partial charge in [-0.1, -0.05) is 224 Å². The molecule has 2 aliphatic heterocycles. The lowest BCUT2D eigenvalue weighted by molar-refractivity contribution is 0.590. The number of hydrogen-bond donors (Lipinski definition) is 0. The molecule has 0 radical (unpaired) electrons. The average molecular weight is 1000 g/mol. The summed E-state index contributed by atoms with van der Waals surface area (Å²) in [5, 5.41) is 5.01. The van der Waals surface area contributed by atoms with Gasteiger partial charge in [0.25, 0.3) is 6.71 Å². The van der Waals surface area contributed by atoms with E-state index in [4.69, 9.17) is 0 Å². The van der Waals surface area contributed by atoms with E-state index in [9.17, 15) is 0 Å². The highest BCUT2D eigenvalue weighted by atomic mass is 15.2. The van der Waals surface area contributed by atoms with Crippen molar-refractivity contribution >= 4 is 83.8 Å². The van der Waals surface area contributed by atoms with Crippen molar-refractivity contribution in [3.63, 3.8) is 0 Å². The third kappa shape index (κ3) is 7.19. The van der Waals surface area contributed by atoms with Crippen LogP contribution >= 0.6 is 0 Å². The summed E-state index contributed by atoms with van der Waals surface area (Å²) in [6, 6.07) is 91.7. The summed E-state index contributed by atoms with van der Waals surface area (Å²) in [5.74, 6) is 0. The Hall–Kier alpha value is -9.12.